The van der Waals surface area contributed by atoms with Gasteiger partial charge in [0.2, 0.25) is 0 Å². The number of aryl methyl sites for hydroxylation is 2. The van der Waals surface area contributed by atoms with E-state index in [4.69, 9.17) is 0 Å². The molecule has 4 aromatic rings. The Morgan fingerprint density at radius 1 is 1.07 bits per heavy atom. The van der Waals surface area contributed by atoms with Crippen LogP contribution in [0.25, 0.3) is 16.9 Å². The van der Waals surface area contributed by atoms with Crippen molar-refractivity contribution in [3.63, 3.8) is 0 Å². The number of anilines is 1. The van der Waals surface area contributed by atoms with E-state index in [1.165, 1.54) is 29.0 Å². The van der Waals surface area contributed by atoms with Gasteiger partial charge in [-0.05, 0) is 37.6 Å². The number of amides is 1. The van der Waals surface area contributed by atoms with Crippen molar-refractivity contribution < 1.29 is 4.79 Å². The number of H-pyrrole nitrogens is 1. The molecule has 0 atom stereocenters. The maximum absolute atomic E-state index is 12.7. The van der Waals surface area contributed by atoms with Gasteiger partial charge in [0, 0.05) is 28.6 Å². The maximum Gasteiger partial charge on any atom is 0.269 e. The van der Waals surface area contributed by atoms with E-state index in [0.29, 0.717) is 16.4 Å². The lowest BCUT2D eigenvalue weighted by Crippen LogP contribution is -2.26. The molecule has 0 bridgehead atoms. The van der Waals surface area contributed by atoms with E-state index in [9.17, 15) is 14.4 Å². The van der Waals surface area contributed by atoms with Crippen molar-refractivity contribution in [2.45, 2.75) is 13.8 Å². The first-order valence-corrected chi connectivity index (χ1v) is 10.1. The van der Waals surface area contributed by atoms with Crippen LogP contribution in [-0.2, 0) is 0 Å². The number of nitrogens with zero attached hydrogens (tertiary/aromatic N) is 2. The number of rotatable bonds is 4. The number of carbonyl (C=O) groups is 1. The van der Waals surface area contributed by atoms with Crippen LogP contribution in [0.1, 0.15) is 21.5 Å². The summed E-state index contributed by atoms with van der Waals surface area (Å²) in [6.45, 7) is 4.07. The Labute approximate surface area is 175 Å². The van der Waals surface area contributed by atoms with Gasteiger partial charge in [0.15, 0.2) is 5.13 Å². The summed E-state index contributed by atoms with van der Waals surface area (Å²) in [7, 11) is 0. The number of hydrogen-bond acceptors (Lipinski definition) is 5. The van der Waals surface area contributed by atoms with Crippen molar-refractivity contribution in [2.24, 2.45) is 0 Å². The van der Waals surface area contributed by atoms with Gasteiger partial charge >= 0.3 is 0 Å². The summed E-state index contributed by atoms with van der Waals surface area (Å²) in [6.07, 6.45) is 0. The molecule has 0 fully saturated rings. The topological polar surface area (TPSA) is 96.9 Å². The lowest BCUT2D eigenvalue weighted by Gasteiger charge is -2.07. The number of aromatic nitrogens is 3. The SMILES string of the molecule is Cc1ccc(-c2csc(NC(=O)c3cccc(-n4[nH]c(=O)ccc4=O)c3)n2)c(C)c1. The van der Waals surface area contributed by atoms with Gasteiger partial charge in [0.1, 0.15) is 0 Å². The average Bonchev–Trinajstić information content (AvgIpc) is 3.18. The number of benzene rings is 2. The van der Waals surface area contributed by atoms with Gasteiger partial charge in [-0.1, -0.05) is 29.8 Å². The molecular formula is C22H18N4O3S. The zero-order valence-electron chi connectivity index (χ0n) is 16.3. The lowest BCUT2D eigenvalue weighted by molar-refractivity contribution is 0.102. The van der Waals surface area contributed by atoms with Crippen LogP contribution >= 0.6 is 11.3 Å². The van der Waals surface area contributed by atoms with E-state index < -0.39 is 11.1 Å². The number of hydrogen-bond donors (Lipinski definition) is 2. The molecule has 2 aromatic carbocycles. The molecule has 8 heteroatoms. The minimum atomic E-state index is -0.411. The van der Waals surface area contributed by atoms with Gasteiger partial charge in [-0.2, -0.15) is 0 Å². The quantitative estimate of drug-likeness (QED) is 0.530. The van der Waals surface area contributed by atoms with Crippen molar-refractivity contribution in [3.05, 3.63) is 97.4 Å². The van der Waals surface area contributed by atoms with Crippen molar-refractivity contribution >= 4 is 22.4 Å². The molecule has 2 heterocycles. The number of thiazole rings is 1. The van der Waals surface area contributed by atoms with Crippen molar-refractivity contribution in [2.75, 3.05) is 5.32 Å². The van der Waals surface area contributed by atoms with Gasteiger partial charge in [-0.15, -0.1) is 11.3 Å². The highest BCUT2D eigenvalue weighted by Crippen LogP contribution is 2.28. The maximum atomic E-state index is 12.7. The monoisotopic (exact) mass is 418 g/mol. The summed E-state index contributed by atoms with van der Waals surface area (Å²) in [5, 5.41) is 7.62. The Morgan fingerprint density at radius 2 is 1.90 bits per heavy atom. The van der Waals surface area contributed by atoms with Gasteiger partial charge in [-0.25, -0.2) is 9.67 Å². The molecule has 0 aliphatic rings. The fraction of sp³-hybridized carbons (Fsp3) is 0.0909. The molecular weight excluding hydrogens is 400 g/mol. The molecule has 0 spiro atoms. The zero-order valence-corrected chi connectivity index (χ0v) is 17.1. The lowest BCUT2D eigenvalue weighted by atomic mass is 10.0. The van der Waals surface area contributed by atoms with Crippen LogP contribution in [0.15, 0.2) is 69.6 Å². The average molecular weight is 418 g/mol. The van der Waals surface area contributed by atoms with Crippen molar-refractivity contribution in [1.29, 1.82) is 0 Å². The van der Waals surface area contributed by atoms with Crippen LogP contribution in [0.2, 0.25) is 0 Å². The smallest absolute Gasteiger partial charge is 0.269 e. The third-order valence-electron chi connectivity index (χ3n) is 4.57. The predicted octanol–water partition coefficient (Wildman–Crippen LogP) is 3.52. The highest BCUT2D eigenvalue weighted by atomic mass is 32.1. The molecule has 150 valence electrons. The summed E-state index contributed by atoms with van der Waals surface area (Å²) >= 11 is 1.34. The molecule has 30 heavy (non-hydrogen) atoms. The number of carbonyl (C=O) groups excluding carboxylic acids is 1. The first-order chi connectivity index (χ1) is 14.4. The van der Waals surface area contributed by atoms with Gasteiger partial charge < -0.3 is 0 Å². The molecule has 0 unspecified atom stereocenters. The third kappa shape index (κ3) is 3.99. The third-order valence-corrected chi connectivity index (χ3v) is 5.33. The Morgan fingerprint density at radius 3 is 2.70 bits per heavy atom. The molecule has 0 saturated heterocycles. The van der Waals surface area contributed by atoms with Crippen LogP contribution in [0.3, 0.4) is 0 Å². The van der Waals surface area contributed by atoms with E-state index in [2.05, 4.69) is 21.5 Å². The van der Waals surface area contributed by atoms with Crippen LogP contribution in [-0.4, -0.2) is 20.7 Å². The molecule has 4 rings (SSSR count). The second-order valence-electron chi connectivity index (χ2n) is 6.84. The largest absolute Gasteiger partial charge is 0.298 e. The molecule has 0 radical (unpaired) electrons. The highest BCUT2D eigenvalue weighted by molar-refractivity contribution is 7.14. The molecule has 0 aliphatic carbocycles. The molecule has 0 aliphatic heterocycles. The van der Waals surface area contributed by atoms with E-state index in [1.54, 1.807) is 18.2 Å². The Kier molecular flexibility index (Phi) is 5.16. The van der Waals surface area contributed by atoms with E-state index in [-0.39, 0.29) is 5.91 Å². The normalized spacial score (nSPS) is 10.7. The molecule has 2 aromatic heterocycles. The fourth-order valence-corrected chi connectivity index (χ4v) is 3.83. The summed E-state index contributed by atoms with van der Waals surface area (Å²) in [5.74, 6) is -0.357. The van der Waals surface area contributed by atoms with Crippen molar-refractivity contribution in [1.82, 2.24) is 14.8 Å². The summed E-state index contributed by atoms with van der Waals surface area (Å²) in [4.78, 5) is 40.8. The fourth-order valence-electron chi connectivity index (χ4n) is 3.13. The summed E-state index contributed by atoms with van der Waals surface area (Å²) in [5.41, 5.74) is 4.04. The van der Waals surface area contributed by atoms with Gasteiger partial charge in [-0.3, -0.25) is 24.8 Å². The van der Waals surface area contributed by atoms with E-state index in [1.807, 2.05) is 31.4 Å². The van der Waals surface area contributed by atoms with Crippen LogP contribution in [0.4, 0.5) is 5.13 Å². The summed E-state index contributed by atoms with van der Waals surface area (Å²) in [6, 6.07) is 14.9. The predicted molar refractivity (Wildman–Crippen MR) is 118 cm³/mol. The highest BCUT2D eigenvalue weighted by Gasteiger charge is 2.12. The molecule has 2 N–H and O–H groups in total. The minimum absolute atomic E-state index is 0.340. The minimum Gasteiger partial charge on any atom is -0.298 e. The first kappa shape index (κ1) is 19.5. The number of aromatic amines is 1. The van der Waals surface area contributed by atoms with E-state index >= 15 is 0 Å². The van der Waals surface area contributed by atoms with Crippen molar-refractivity contribution in [3.8, 4) is 16.9 Å². The van der Waals surface area contributed by atoms with Gasteiger partial charge in [0.25, 0.3) is 17.0 Å². The molecule has 0 saturated carbocycles. The van der Waals surface area contributed by atoms with Gasteiger partial charge in [0.05, 0.1) is 11.4 Å². The zero-order chi connectivity index (χ0) is 21.3. The van der Waals surface area contributed by atoms with E-state index in [0.717, 1.165) is 27.6 Å². The second kappa shape index (κ2) is 7.92. The molecule has 1 amide bonds. The Hall–Kier alpha value is -3.78. The van der Waals surface area contributed by atoms with Crippen LogP contribution < -0.4 is 16.4 Å². The summed E-state index contributed by atoms with van der Waals surface area (Å²) < 4.78 is 1.10. The Bertz CT molecular complexity index is 1370. The second-order valence-corrected chi connectivity index (χ2v) is 7.70. The first-order valence-electron chi connectivity index (χ1n) is 9.18. The van der Waals surface area contributed by atoms with Crippen LogP contribution in [0.5, 0.6) is 0 Å². The number of nitrogens with one attached hydrogen (secondary N) is 2. The standard InChI is InChI=1S/C22H18N4O3S/c1-13-6-7-17(14(2)10-13)18-12-30-22(23-18)24-21(29)15-4-3-5-16(11-15)26-20(28)9-8-19(27)25-26/h3-12H,1-2H3,(H,25,27)(H,23,24,29). The van der Waals surface area contributed by atoms with Crippen LogP contribution in [0, 0.1) is 13.8 Å². The molecule has 7 nitrogen and oxygen atoms in total. The Balaban J connectivity index is 1.58.